The number of carboxylic acids is 3. The van der Waals surface area contributed by atoms with Gasteiger partial charge in [-0.05, 0) is 6.42 Å². The molecule has 0 aliphatic carbocycles. The zero-order valence-corrected chi connectivity index (χ0v) is 12.2. The van der Waals surface area contributed by atoms with Crippen LogP contribution in [0.3, 0.4) is 0 Å². The molecule has 0 saturated carbocycles. The fourth-order valence-corrected chi connectivity index (χ4v) is 0.335. The Labute approximate surface area is 127 Å². The molecule has 0 unspecified atom stereocenters. The van der Waals surface area contributed by atoms with Crippen molar-refractivity contribution >= 4 is 17.9 Å². The molecule has 9 nitrogen and oxygen atoms in total. The Morgan fingerprint density at radius 2 is 1.00 bits per heavy atom. The molecule has 0 fully saturated rings. The highest BCUT2D eigenvalue weighted by atomic mass is 16.7. The van der Waals surface area contributed by atoms with Crippen molar-refractivity contribution in [1.82, 2.24) is 0 Å². The summed E-state index contributed by atoms with van der Waals surface area (Å²) < 4.78 is 0. The van der Waals surface area contributed by atoms with E-state index < -0.39 is 23.9 Å². The SMILES string of the molecule is C=CC(=O)O.C=CC(=O)O.C=CC(=O)O.CCCC(O)(O)O. The van der Waals surface area contributed by atoms with Gasteiger partial charge in [-0.3, -0.25) is 0 Å². The number of aliphatic carboxylic acids is 3. The summed E-state index contributed by atoms with van der Waals surface area (Å²) in [5.74, 6) is -5.39. The average Bonchev–Trinajstić information content (AvgIpc) is 2.39. The van der Waals surface area contributed by atoms with Crippen molar-refractivity contribution < 1.29 is 45.0 Å². The Morgan fingerprint density at radius 1 is 0.818 bits per heavy atom. The number of aliphatic hydroxyl groups is 3. The molecule has 0 radical (unpaired) electrons. The van der Waals surface area contributed by atoms with Gasteiger partial charge in [0.05, 0.1) is 0 Å². The van der Waals surface area contributed by atoms with E-state index in [4.69, 9.17) is 30.6 Å². The Kier molecular flexibility index (Phi) is 23.4. The van der Waals surface area contributed by atoms with Gasteiger partial charge in [0.25, 0.3) is 5.97 Å². The summed E-state index contributed by atoms with van der Waals surface area (Å²) in [4.78, 5) is 27.8. The van der Waals surface area contributed by atoms with Crippen LogP contribution in [0.5, 0.6) is 0 Å². The maximum Gasteiger partial charge on any atom is 0.327 e. The molecule has 22 heavy (non-hydrogen) atoms. The van der Waals surface area contributed by atoms with Gasteiger partial charge in [-0.25, -0.2) is 14.4 Å². The molecule has 6 N–H and O–H groups in total. The Morgan fingerprint density at radius 3 is 1.00 bits per heavy atom. The first-order chi connectivity index (χ1) is 9.87. The van der Waals surface area contributed by atoms with Gasteiger partial charge in [-0.1, -0.05) is 26.7 Å². The van der Waals surface area contributed by atoms with Crippen molar-refractivity contribution in [2.24, 2.45) is 0 Å². The largest absolute Gasteiger partial charge is 0.478 e. The Bertz CT molecular complexity index is 310. The third-order valence-electron chi connectivity index (χ3n) is 1.11. The second-order valence-electron chi connectivity index (χ2n) is 3.15. The number of hydrogen-bond acceptors (Lipinski definition) is 6. The van der Waals surface area contributed by atoms with Crippen molar-refractivity contribution in [2.45, 2.75) is 25.7 Å². The smallest absolute Gasteiger partial charge is 0.327 e. The summed E-state index contributed by atoms with van der Waals surface area (Å²) in [7, 11) is 0. The van der Waals surface area contributed by atoms with Gasteiger partial charge in [0, 0.05) is 24.6 Å². The number of carbonyl (C=O) groups is 3. The second kappa shape index (κ2) is 18.5. The molecule has 0 aromatic heterocycles. The summed E-state index contributed by atoms with van der Waals surface area (Å²) >= 11 is 0. The number of rotatable bonds is 5. The van der Waals surface area contributed by atoms with E-state index in [2.05, 4.69) is 19.7 Å². The predicted molar refractivity (Wildman–Crippen MR) is 77.8 cm³/mol. The standard InChI is InChI=1S/C4H10O3.3C3H4O2/c1-2-3-4(5,6)7;3*1-2-3(4)5/h5-7H,2-3H2,1H3;3*2H,1H2,(H,4,5). The van der Waals surface area contributed by atoms with E-state index in [9.17, 15) is 14.4 Å². The average molecular weight is 322 g/mol. The van der Waals surface area contributed by atoms with Crippen LogP contribution in [0.1, 0.15) is 19.8 Å². The maximum absolute atomic E-state index is 9.25. The molecule has 9 heteroatoms. The summed E-state index contributed by atoms with van der Waals surface area (Å²) in [6.45, 7) is 10.6. The van der Waals surface area contributed by atoms with Crippen molar-refractivity contribution in [3.63, 3.8) is 0 Å². The molecular formula is C13H22O9. The lowest BCUT2D eigenvalue weighted by Gasteiger charge is -2.10. The topological polar surface area (TPSA) is 173 Å². The van der Waals surface area contributed by atoms with Crippen LogP contribution in [0.2, 0.25) is 0 Å². The van der Waals surface area contributed by atoms with E-state index >= 15 is 0 Å². The molecule has 0 aliphatic rings. The first-order valence-electron chi connectivity index (χ1n) is 5.61. The molecule has 0 rings (SSSR count). The van der Waals surface area contributed by atoms with Gasteiger partial charge in [0.2, 0.25) is 0 Å². The van der Waals surface area contributed by atoms with Gasteiger partial charge in [-0.2, -0.15) is 0 Å². The zero-order valence-electron chi connectivity index (χ0n) is 12.2. The van der Waals surface area contributed by atoms with Crippen LogP contribution in [0.15, 0.2) is 38.0 Å². The zero-order chi connectivity index (χ0) is 18.8. The van der Waals surface area contributed by atoms with Crippen molar-refractivity contribution in [1.29, 1.82) is 0 Å². The number of carboxylic acid groups (broad SMARTS) is 3. The van der Waals surface area contributed by atoms with Crippen LogP contribution in [-0.4, -0.2) is 54.5 Å². The van der Waals surface area contributed by atoms with Gasteiger partial charge in [0.15, 0.2) is 0 Å². The summed E-state index contributed by atoms with van der Waals surface area (Å²) in [6, 6.07) is 0. The molecule has 128 valence electrons. The highest BCUT2D eigenvalue weighted by Crippen LogP contribution is 2.01. The summed E-state index contributed by atoms with van der Waals surface area (Å²) in [5.41, 5.74) is 0. The Hall–Kier alpha value is -2.49. The number of hydrogen-bond donors (Lipinski definition) is 6. The molecule has 0 heterocycles. The minimum Gasteiger partial charge on any atom is -0.478 e. The first kappa shape index (κ1) is 27.8. The van der Waals surface area contributed by atoms with Crippen LogP contribution in [0, 0.1) is 0 Å². The highest BCUT2D eigenvalue weighted by molar-refractivity contribution is 5.79. The van der Waals surface area contributed by atoms with Gasteiger partial charge in [-0.15, -0.1) is 0 Å². The fraction of sp³-hybridized carbons (Fsp3) is 0.308. The van der Waals surface area contributed by atoms with Gasteiger partial charge >= 0.3 is 17.9 Å². The Balaban J connectivity index is -0.0000000995. The van der Waals surface area contributed by atoms with E-state index in [0.29, 0.717) is 6.42 Å². The maximum atomic E-state index is 9.25. The van der Waals surface area contributed by atoms with Gasteiger partial charge in [0.1, 0.15) is 0 Å². The molecule has 0 bridgehead atoms. The normalized spacial score (nSPS) is 8.18. The quantitative estimate of drug-likeness (QED) is 0.305. The van der Waals surface area contributed by atoms with Crippen LogP contribution in [-0.2, 0) is 14.4 Å². The van der Waals surface area contributed by atoms with Crippen molar-refractivity contribution in [2.75, 3.05) is 0 Å². The van der Waals surface area contributed by atoms with E-state index in [-0.39, 0.29) is 6.42 Å². The molecule has 0 aromatic rings. The molecule has 0 saturated heterocycles. The van der Waals surface area contributed by atoms with E-state index in [1.165, 1.54) is 0 Å². The molecular weight excluding hydrogens is 300 g/mol. The van der Waals surface area contributed by atoms with Crippen LogP contribution in [0.4, 0.5) is 0 Å². The van der Waals surface area contributed by atoms with E-state index in [1.54, 1.807) is 6.92 Å². The third-order valence-corrected chi connectivity index (χ3v) is 1.11. The lowest BCUT2D eigenvalue weighted by molar-refractivity contribution is -0.314. The third kappa shape index (κ3) is 84.6. The minimum absolute atomic E-state index is 0.00694. The first-order valence-corrected chi connectivity index (χ1v) is 5.61. The highest BCUT2D eigenvalue weighted by Gasteiger charge is 2.14. The fourth-order valence-electron chi connectivity index (χ4n) is 0.335. The van der Waals surface area contributed by atoms with E-state index in [0.717, 1.165) is 18.2 Å². The predicted octanol–water partition coefficient (Wildman–Crippen LogP) is 0.188. The molecule has 0 aliphatic heterocycles. The van der Waals surface area contributed by atoms with Crippen molar-refractivity contribution in [3.8, 4) is 0 Å². The van der Waals surface area contributed by atoms with Crippen molar-refractivity contribution in [3.05, 3.63) is 38.0 Å². The second-order valence-corrected chi connectivity index (χ2v) is 3.15. The van der Waals surface area contributed by atoms with Crippen LogP contribution in [0.25, 0.3) is 0 Å². The summed E-state index contributed by atoms with van der Waals surface area (Å²) in [5, 5.41) is 47.2. The van der Waals surface area contributed by atoms with E-state index in [1.807, 2.05) is 0 Å². The van der Waals surface area contributed by atoms with Crippen LogP contribution >= 0.6 is 0 Å². The lowest BCUT2D eigenvalue weighted by atomic mass is 10.3. The minimum atomic E-state index is -2.45. The molecule has 0 atom stereocenters. The molecule has 0 aromatic carbocycles. The molecule has 0 spiro atoms. The van der Waals surface area contributed by atoms with Crippen LogP contribution < -0.4 is 0 Å². The monoisotopic (exact) mass is 322 g/mol. The lowest BCUT2D eigenvalue weighted by Crippen LogP contribution is -2.26. The molecule has 0 amide bonds. The van der Waals surface area contributed by atoms with Gasteiger partial charge < -0.3 is 30.6 Å². The summed E-state index contributed by atoms with van der Waals surface area (Å²) in [6.07, 6.45) is 3.07.